The second kappa shape index (κ2) is 5.95. The second-order valence-corrected chi connectivity index (χ2v) is 10.6. The van der Waals surface area contributed by atoms with Crippen LogP contribution in [0.4, 0.5) is 0 Å². The van der Waals surface area contributed by atoms with Crippen LogP contribution < -0.4 is 0 Å². The highest BCUT2D eigenvalue weighted by atomic mass is 16.3. The summed E-state index contributed by atoms with van der Waals surface area (Å²) in [6, 6.07) is 0. The molecule has 5 rings (SSSR count). The number of aliphatic hydroxyl groups excluding tert-OH is 2. The van der Waals surface area contributed by atoms with Crippen LogP contribution in [0.25, 0.3) is 0 Å². The number of aliphatic hydroxyl groups is 2. The van der Waals surface area contributed by atoms with Crippen LogP contribution in [0.5, 0.6) is 0 Å². The summed E-state index contributed by atoms with van der Waals surface area (Å²) in [6.07, 6.45) is 16.3. The van der Waals surface area contributed by atoms with Gasteiger partial charge < -0.3 is 10.2 Å². The molecule has 2 nitrogen and oxygen atoms in total. The molecule has 0 saturated heterocycles. The lowest BCUT2D eigenvalue weighted by Crippen LogP contribution is -2.54. The van der Waals surface area contributed by atoms with E-state index in [2.05, 4.69) is 26.0 Å². The second-order valence-electron chi connectivity index (χ2n) is 10.6. The smallest absolute Gasteiger partial charge is 0.0757 e. The third-order valence-corrected chi connectivity index (χ3v) is 9.63. The summed E-state index contributed by atoms with van der Waals surface area (Å²) in [5.41, 5.74) is 3.73. The molecule has 26 heavy (non-hydrogen) atoms. The van der Waals surface area contributed by atoms with E-state index in [1.807, 2.05) is 0 Å². The first-order chi connectivity index (χ1) is 12.4. The quantitative estimate of drug-likeness (QED) is 0.649. The van der Waals surface area contributed by atoms with Crippen LogP contribution in [-0.4, -0.2) is 22.4 Å². The van der Waals surface area contributed by atoms with E-state index in [0.29, 0.717) is 23.2 Å². The van der Waals surface area contributed by atoms with Crippen molar-refractivity contribution in [1.82, 2.24) is 0 Å². The maximum Gasteiger partial charge on any atom is 0.0757 e. The van der Waals surface area contributed by atoms with Gasteiger partial charge >= 0.3 is 0 Å². The van der Waals surface area contributed by atoms with Gasteiger partial charge in [0.2, 0.25) is 0 Å². The van der Waals surface area contributed by atoms with E-state index in [1.54, 1.807) is 5.57 Å². The Bertz CT molecular complexity index is 649. The van der Waals surface area contributed by atoms with E-state index in [0.717, 1.165) is 25.2 Å². The Morgan fingerprint density at radius 1 is 1.00 bits per heavy atom. The van der Waals surface area contributed by atoms with Crippen LogP contribution in [-0.2, 0) is 0 Å². The molecule has 144 valence electrons. The molecule has 2 N–H and O–H groups in total. The van der Waals surface area contributed by atoms with Crippen LogP contribution in [0.15, 0.2) is 23.3 Å². The van der Waals surface area contributed by atoms with Gasteiger partial charge in [-0.25, -0.2) is 0 Å². The summed E-state index contributed by atoms with van der Waals surface area (Å²) in [7, 11) is 0. The molecule has 0 aliphatic heterocycles. The molecule has 0 bridgehead atoms. The molecule has 0 aromatic carbocycles. The van der Waals surface area contributed by atoms with E-state index >= 15 is 0 Å². The van der Waals surface area contributed by atoms with Gasteiger partial charge in [0.15, 0.2) is 0 Å². The van der Waals surface area contributed by atoms with Gasteiger partial charge in [0.1, 0.15) is 0 Å². The lowest BCUT2D eigenvalue weighted by Gasteiger charge is -2.59. The Kier molecular flexibility index (Phi) is 4.00. The van der Waals surface area contributed by atoms with Crippen molar-refractivity contribution in [3.05, 3.63) is 23.3 Å². The van der Waals surface area contributed by atoms with Gasteiger partial charge in [0, 0.05) is 0 Å². The normalized spacial score (nSPS) is 53.4. The molecule has 3 saturated carbocycles. The lowest BCUT2D eigenvalue weighted by atomic mass is 9.46. The number of rotatable bonds is 1. The zero-order valence-corrected chi connectivity index (χ0v) is 16.6. The highest BCUT2D eigenvalue weighted by molar-refractivity contribution is 5.29. The molecule has 5 aliphatic carbocycles. The summed E-state index contributed by atoms with van der Waals surface area (Å²) >= 11 is 0. The van der Waals surface area contributed by atoms with Crippen LogP contribution in [0, 0.1) is 34.5 Å². The maximum atomic E-state index is 11.2. The van der Waals surface area contributed by atoms with E-state index in [-0.39, 0.29) is 17.6 Å². The Balaban J connectivity index is 1.49. The van der Waals surface area contributed by atoms with Crippen molar-refractivity contribution in [3.63, 3.8) is 0 Å². The molecule has 0 aromatic rings. The van der Waals surface area contributed by atoms with Crippen molar-refractivity contribution >= 4 is 0 Å². The number of allylic oxidation sites excluding steroid dienone is 2. The van der Waals surface area contributed by atoms with Crippen molar-refractivity contribution in [2.75, 3.05) is 0 Å². The van der Waals surface area contributed by atoms with E-state index < -0.39 is 0 Å². The van der Waals surface area contributed by atoms with Gasteiger partial charge in [-0.2, -0.15) is 0 Å². The summed E-state index contributed by atoms with van der Waals surface area (Å²) in [4.78, 5) is 0. The average Bonchev–Trinajstić information content (AvgIpc) is 3.23. The van der Waals surface area contributed by atoms with Gasteiger partial charge in [-0.1, -0.05) is 37.1 Å². The first-order valence-corrected chi connectivity index (χ1v) is 11.2. The Morgan fingerprint density at radius 3 is 2.62 bits per heavy atom. The molecule has 0 amide bonds. The SMILES string of the molecule is C[C@]12CC[C@H](O)CC1=CC(O)C1C2CC[C@@]2(C)C1CC[C@@H]2C1=CCCC1. The van der Waals surface area contributed by atoms with Crippen molar-refractivity contribution in [2.45, 2.75) is 90.3 Å². The fourth-order valence-electron chi connectivity index (χ4n) is 8.25. The van der Waals surface area contributed by atoms with Crippen molar-refractivity contribution in [2.24, 2.45) is 34.5 Å². The van der Waals surface area contributed by atoms with Crippen molar-refractivity contribution in [1.29, 1.82) is 0 Å². The molecular formula is C24H36O2. The van der Waals surface area contributed by atoms with Gasteiger partial charge in [-0.3, -0.25) is 0 Å². The molecule has 8 atom stereocenters. The Morgan fingerprint density at radius 2 is 1.85 bits per heavy atom. The average molecular weight is 357 g/mol. The molecule has 0 aromatic heterocycles. The zero-order chi connectivity index (χ0) is 18.1. The van der Waals surface area contributed by atoms with Crippen LogP contribution in [0.1, 0.15) is 78.1 Å². The zero-order valence-electron chi connectivity index (χ0n) is 16.6. The standard InChI is InChI=1S/C24H36O2/c1-23-11-9-17(25)13-16(23)14-21(26)22-19-8-7-18(15-5-3-4-6-15)24(19,2)12-10-20(22)23/h5,14,17-22,25-26H,3-4,6-13H2,1-2H3/t17-,18+,19?,20?,21?,22?,23-,24+/m0/s1. The largest absolute Gasteiger partial charge is 0.393 e. The maximum absolute atomic E-state index is 11.2. The Hall–Kier alpha value is -0.600. The van der Waals surface area contributed by atoms with Crippen LogP contribution in [0.2, 0.25) is 0 Å². The molecular weight excluding hydrogens is 320 g/mol. The van der Waals surface area contributed by atoms with E-state index in [1.165, 1.54) is 50.5 Å². The third-order valence-electron chi connectivity index (χ3n) is 9.63. The minimum absolute atomic E-state index is 0.197. The number of hydrogen-bond donors (Lipinski definition) is 2. The molecule has 4 unspecified atom stereocenters. The third kappa shape index (κ3) is 2.30. The van der Waals surface area contributed by atoms with Gasteiger partial charge in [-0.15, -0.1) is 0 Å². The summed E-state index contributed by atoms with van der Waals surface area (Å²) in [5, 5.41) is 21.3. The highest BCUT2D eigenvalue weighted by Gasteiger charge is 2.60. The van der Waals surface area contributed by atoms with Crippen LogP contribution >= 0.6 is 0 Å². The van der Waals surface area contributed by atoms with Gasteiger partial charge in [0.05, 0.1) is 12.2 Å². The topological polar surface area (TPSA) is 40.5 Å². The molecule has 0 radical (unpaired) electrons. The molecule has 2 heteroatoms. The Labute approximate surface area is 158 Å². The summed E-state index contributed by atoms with van der Waals surface area (Å²) < 4.78 is 0. The number of fused-ring (bicyclic) bond motifs is 5. The summed E-state index contributed by atoms with van der Waals surface area (Å²) in [6.45, 7) is 5.01. The molecule has 0 heterocycles. The fourth-order valence-corrected chi connectivity index (χ4v) is 8.25. The predicted octanol–water partition coefficient (Wildman–Crippen LogP) is 5.01. The van der Waals surface area contributed by atoms with Gasteiger partial charge in [0.25, 0.3) is 0 Å². The monoisotopic (exact) mass is 356 g/mol. The minimum atomic E-state index is -0.297. The first kappa shape index (κ1) is 17.5. The van der Waals surface area contributed by atoms with Gasteiger partial charge in [-0.05, 0) is 98.7 Å². The van der Waals surface area contributed by atoms with Crippen molar-refractivity contribution in [3.8, 4) is 0 Å². The lowest BCUT2D eigenvalue weighted by molar-refractivity contribution is -0.0893. The highest BCUT2D eigenvalue weighted by Crippen LogP contribution is 2.67. The van der Waals surface area contributed by atoms with Crippen molar-refractivity contribution < 1.29 is 10.2 Å². The molecule has 5 aliphatic rings. The molecule has 0 spiro atoms. The number of hydrogen-bond acceptors (Lipinski definition) is 2. The molecule has 3 fully saturated rings. The van der Waals surface area contributed by atoms with E-state index in [4.69, 9.17) is 0 Å². The van der Waals surface area contributed by atoms with Crippen LogP contribution in [0.3, 0.4) is 0 Å². The first-order valence-electron chi connectivity index (χ1n) is 11.2. The summed E-state index contributed by atoms with van der Waals surface area (Å²) in [5.74, 6) is 2.49. The van der Waals surface area contributed by atoms with E-state index in [9.17, 15) is 10.2 Å². The fraction of sp³-hybridized carbons (Fsp3) is 0.833. The predicted molar refractivity (Wildman–Crippen MR) is 105 cm³/mol. The minimum Gasteiger partial charge on any atom is -0.393 e.